The van der Waals surface area contributed by atoms with Crippen molar-refractivity contribution in [2.24, 2.45) is 0 Å². The molecule has 2 rings (SSSR count). The van der Waals surface area contributed by atoms with Crippen LogP contribution in [-0.4, -0.2) is 43.6 Å². The van der Waals surface area contributed by atoms with Gasteiger partial charge in [-0.2, -0.15) is 0 Å². The summed E-state index contributed by atoms with van der Waals surface area (Å²) >= 11 is 0. The van der Waals surface area contributed by atoms with Gasteiger partial charge in [-0.25, -0.2) is 9.59 Å². The minimum atomic E-state index is -0.517. The Bertz CT molecular complexity index is 667. The fourth-order valence-electron chi connectivity index (χ4n) is 3.06. The smallest absolute Gasteiger partial charge is 0.338 e. The van der Waals surface area contributed by atoms with Gasteiger partial charge in [0.2, 0.25) is 0 Å². The molecule has 0 saturated carbocycles. The molecular weight excluding hydrogens is 330 g/mol. The number of urea groups is 1. The molecule has 0 aliphatic carbocycles. The summed E-state index contributed by atoms with van der Waals surface area (Å²) in [4.78, 5) is 27.0. The third-order valence-electron chi connectivity index (χ3n) is 4.63. The Balaban J connectivity index is 2.41. The zero-order valence-electron chi connectivity index (χ0n) is 16.1. The maximum Gasteiger partial charge on any atom is 0.338 e. The number of ether oxygens (including phenoxy) is 1. The Labute approximate surface area is 155 Å². The van der Waals surface area contributed by atoms with E-state index < -0.39 is 12.0 Å². The van der Waals surface area contributed by atoms with Crippen molar-refractivity contribution in [3.05, 3.63) is 46.7 Å². The third kappa shape index (κ3) is 4.85. The SMILES string of the molecule is CCCCN(CC)CC1=C(C(=O)OC)C(c2ccc(C)cc2)NC(=O)N1. The van der Waals surface area contributed by atoms with Gasteiger partial charge in [-0.3, -0.25) is 4.90 Å². The number of likely N-dealkylation sites (N-methyl/N-ethyl adjacent to an activating group) is 1. The van der Waals surface area contributed by atoms with Crippen molar-refractivity contribution in [2.75, 3.05) is 26.7 Å². The number of nitrogens with one attached hydrogen (secondary N) is 2. The molecular formula is C20H29N3O3. The molecule has 1 atom stereocenters. The first-order valence-electron chi connectivity index (χ1n) is 9.17. The monoisotopic (exact) mass is 359 g/mol. The van der Waals surface area contributed by atoms with Crippen LogP contribution in [0.5, 0.6) is 0 Å². The number of hydrogen-bond acceptors (Lipinski definition) is 4. The molecule has 0 bridgehead atoms. The van der Waals surface area contributed by atoms with Crippen molar-refractivity contribution in [2.45, 2.75) is 39.7 Å². The summed E-state index contributed by atoms with van der Waals surface area (Å²) in [6, 6.07) is 6.98. The van der Waals surface area contributed by atoms with Crippen LogP contribution in [0, 0.1) is 6.92 Å². The van der Waals surface area contributed by atoms with Crippen molar-refractivity contribution in [1.82, 2.24) is 15.5 Å². The summed E-state index contributed by atoms with van der Waals surface area (Å²) in [7, 11) is 1.37. The van der Waals surface area contributed by atoms with Gasteiger partial charge in [0.25, 0.3) is 0 Å². The van der Waals surface area contributed by atoms with Crippen LogP contribution in [0.25, 0.3) is 0 Å². The first-order valence-corrected chi connectivity index (χ1v) is 9.17. The molecule has 1 heterocycles. The molecule has 1 aromatic carbocycles. The largest absolute Gasteiger partial charge is 0.466 e. The number of esters is 1. The summed E-state index contributed by atoms with van der Waals surface area (Å²) < 4.78 is 5.02. The molecule has 0 aromatic heterocycles. The highest BCUT2D eigenvalue weighted by Crippen LogP contribution is 2.28. The summed E-state index contributed by atoms with van der Waals surface area (Å²) in [5, 5.41) is 5.68. The molecule has 0 spiro atoms. The second-order valence-electron chi connectivity index (χ2n) is 6.55. The first-order chi connectivity index (χ1) is 12.5. The molecule has 0 saturated heterocycles. The number of unbranched alkanes of at least 4 members (excludes halogenated alkanes) is 1. The lowest BCUT2D eigenvalue weighted by Crippen LogP contribution is -2.48. The van der Waals surface area contributed by atoms with Gasteiger partial charge in [0.15, 0.2) is 0 Å². The Morgan fingerprint density at radius 1 is 1.23 bits per heavy atom. The highest BCUT2D eigenvalue weighted by atomic mass is 16.5. The molecule has 6 heteroatoms. The van der Waals surface area contributed by atoms with Crippen LogP contribution in [0.15, 0.2) is 35.5 Å². The van der Waals surface area contributed by atoms with Crippen molar-refractivity contribution in [3.63, 3.8) is 0 Å². The van der Waals surface area contributed by atoms with Crippen LogP contribution < -0.4 is 10.6 Å². The molecule has 1 aromatic rings. The van der Waals surface area contributed by atoms with Crippen LogP contribution in [-0.2, 0) is 9.53 Å². The van der Waals surface area contributed by atoms with E-state index in [4.69, 9.17) is 4.74 Å². The lowest BCUT2D eigenvalue weighted by molar-refractivity contribution is -0.136. The fraction of sp³-hybridized carbons (Fsp3) is 0.500. The second-order valence-corrected chi connectivity index (χ2v) is 6.55. The second kappa shape index (κ2) is 9.38. The van der Waals surface area contributed by atoms with E-state index in [1.165, 1.54) is 7.11 Å². The molecule has 0 fully saturated rings. The van der Waals surface area contributed by atoms with E-state index in [2.05, 4.69) is 29.4 Å². The van der Waals surface area contributed by atoms with E-state index in [-0.39, 0.29) is 6.03 Å². The van der Waals surface area contributed by atoms with Gasteiger partial charge >= 0.3 is 12.0 Å². The number of nitrogens with zero attached hydrogens (tertiary/aromatic N) is 1. The molecule has 2 amide bonds. The van der Waals surface area contributed by atoms with Crippen molar-refractivity contribution in [1.29, 1.82) is 0 Å². The maximum absolute atomic E-state index is 12.5. The van der Waals surface area contributed by atoms with Gasteiger partial charge in [-0.05, 0) is 32.0 Å². The predicted octanol–water partition coefficient (Wildman–Crippen LogP) is 2.90. The van der Waals surface area contributed by atoms with Crippen molar-refractivity contribution >= 4 is 12.0 Å². The lowest BCUT2D eigenvalue weighted by atomic mass is 9.94. The maximum atomic E-state index is 12.5. The minimum Gasteiger partial charge on any atom is -0.466 e. The number of methoxy groups -OCH3 is 1. The molecule has 0 radical (unpaired) electrons. The van der Waals surface area contributed by atoms with Crippen LogP contribution >= 0.6 is 0 Å². The highest BCUT2D eigenvalue weighted by Gasteiger charge is 2.33. The van der Waals surface area contributed by atoms with Crippen LogP contribution in [0.1, 0.15) is 43.9 Å². The fourth-order valence-corrected chi connectivity index (χ4v) is 3.06. The first kappa shape index (κ1) is 20.0. The molecule has 142 valence electrons. The van der Waals surface area contributed by atoms with Crippen molar-refractivity contribution < 1.29 is 14.3 Å². The topological polar surface area (TPSA) is 70.7 Å². The average molecular weight is 359 g/mol. The van der Waals surface area contributed by atoms with E-state index in [1.807, 2.05) is 31.2 Å². The number of aryl methyl sites for hydroxylation is 1. The quantitative estimate of drug-likeness (QED) is 0.700. The zero-order valence-corrected chi connectivity index (χ0v) is 16.1. The van der Waals surface area contributed by atoms with Gasteiger partial charge in [-0.15, -0.1) is 0 Å². The zero-order chi connectivity index (χ0) is 19.1. The molecule has 1 aliphatic heterocycles. The summed E-state index contributed by atoms with van der Waals surface area (Å²) in [5.74, 6) is -0.426. The number of carbonyl (C=O) groups excluding carboxylic acids is 2. The Kier molecular flexibility index (Phi) is 7.21. The van der Waals surface area contributed by atoms with Crippen molar-refractivity contribution in [3.8, 4) is 0 Å². The summed E-state index contributed by atoms with van der Waals surface area (Å²) in [6.07, 6.45) is 2.17. The molecule has 1 unspecified atom stereocenters. The van der Waals surface area contributed by atoms with Crippen LogP contribution in [0.2, 0.25) is 0 Å². The Morgan fingerprint density at radius 3 is 2.50 bits per heavy atom. The van der Waals surface area contributed by atoms with E-state index >= 15 is 0 Å². The highest BCUT2D eigenvalue weighted by molar-refractivity contribution is 5.95. The third-order valence-corrected chi connectivity index (χ3v) is 4.63. The Morgan fingerprint density at radius 2 is 1.92 bits per heavy atom. The molecule has 2 N–H and O–H groups in total. The average Bonchev–Trinajstić information content (AvgIpc) is 2.64. The van der Waals surface area contributed by atoms with Gasteiger partial charge in [0.05, 0.1) is 18.7 Å². The lowest BCUT2D eigenvalue weighted by Gasteiger charge is -2.31. The molecule has 6 nitrogen and oxygen atoms in total. The van der Waals surface area contributed by atoms with Gasteiger partial charge in [0, 0.05) is 12.2 Å². The van der Waals surface area contributed by atoms with Crippen LogP contribution in [0.4, 0.5) is 4.79 Å². The minimum absolute atomic E-state index is 0.301. The standard InChI is InChI=1S/C20H29N3O3/c1-5-7-12-23(6-2)13-16-17(19(24)26-4)18(22-20(25)21-16)15-10-8-14(3)9-11-15/h8-11,18H,5-7,12-13H2,1-4H3,(H2,21,22,25). The molecule has 1 aliphatic rings. The van der Waals surface area contributed by atoms with E-state index in [0.29, 0.717) is 17.8 Å². The number of benzene rings is 1. The number of rotatable bonds is 8. The number of hydrogen-bond donors (Lipinski definition) is 2. The normalized spacial score (nSPS) is 17.1. The van der Waals surface area contributed by atoms with Crippen LogP contribution in [0.3, 0.4) is 0 Å². The van der Waals surface area contributed by atoms with Gasteiger partial charge in [-0.1, -0.05) is 50.1 Å². The molecule has 26 heavy (non-hydrogen) atoms. The summed E-state index contributed by atoms with van der Waals surface area (Å²) in [6.45, 7) is 8.50. The van der Waals surface area contributed by atoms with Gasteiger partial charge < -0.3 is 15.4 Å². The number of carbonyl (C=O) groups is 2. The van der Waals surface area contributed by atoms with E-state index in [9.17, 15) is 9.59 Å². The van der Waals surface area contributed by atoms with E-state index in [0.717, 1.165) is 37.1 Å². The van der Waals surface area contributed by atoms with Gasteiger partial charge in [0.1, 0.15) is 0 Å². The Hall–Kier alpha value is -2.34. The number of amides is 2. The summed E-state index contributed by atoms with van der Waals surface area (Å²) in [5.41, 5.74) is 3.06. The predicted molar refractivity (Wildman–Crippen MR) is 102 cm³/mol. The van der Waals surface area contributed by atoms with E-state index in [1.54, 1.807) is 0 Å².